The molecule has 1 aliphatic rings. The lowest BCUT2D eigenvalue weighted by Crippen LogP contribution is -2.40. The number of thiocarbonyl (C=S) groups is 1. The first-order valence-corrected chi connectivity index (χ1v) is 9.22. The molecule has 23 heavy (non-hydrogen) atoms. The second-order valence-corrected chi connectivity index (χ2v) is 7.35. The van der Waals surface area contributed by atoms with Crippen LogP contribution >= 0.6 is 12.2 Å². The second-order valence-electron chi connectivity index (χ2n) is 5.00. The molecular weight excluding hydrogens is 338 g/mol. The van der Waals surface area contributed by atoms with Crippen LogP contribution in [0.15, 0.2) is 29.2 Å². The number of ether oxygens (including phenoxy) is 1. The average Bonchev–Trinajstić information content (AvgIpc) is 2.56. The number of aliphatic hydroxyl groups is 1. The molecule has 128 valence electrons. The molecule has 0 amide bonds. The third kappa shape index (κ3) is 5.11. The molecule has 0 saturated carbocycles. The number of morpholine rings is 1. The van der Waals surface area contributed by atoms with Crippen LogP contribution < -0.4 is 10.6 Å². The van der Waals surface area contributed by atoms with Crippen molar-refractivity contribution in [1.82, 2.24) is 9.62 Å². The fourth-order valence-corrected chi connectivity index (χ4v) is 3.73. The molecule has 1 aromatic rings. The smallest absolute Gasteiger partial charge is 0.243 e. The van der Waals surface area contributed by atoms with Gasteiger partial charge in [-0.05, 0) is 42.9 Å². The van der Waals surface area contributed by atoms with Crippen molar-refractivity contribution in [2.45, 2.75) is 11.3 Å². The molecule has 9 heteroatoms. The van der Waals surface area contributed by atoms with Crippen LogP contribution in [0.5, 0.6) is 0 Å². The Morgan fingerprint density at radius 1 is 1.26 bits per heavy atom. The number of nitrogens with zero attached hydrogens (tertiary/aromatic N) is 1. The number of rotatable bonds is 6. The van der Waals surface area contributed by atoms with Crippen molar-refractivity contribution >= 4 is 33.0 Å². The summed E-state index contributed by atoms with van der Waals surface area (Å²) in [5, 5.41) is 15.1. The zero-order chi connectivity index (χ0) is 16.7. The topological polar surface area (TPSA) is 90.9 Å². The SMILES string of the molecule is O=S(=O)(c1ccc(NC(=S)NCCCO)cc1)N1CCOCC1. The first-order valence-electron chi connectivity index (χ1n) is 7.38. The molecule has 0 aliphatic carbocycles. The van der Waals surface area contributed by atoms with E-state index in [0.717, 1.165) is 0 Å². The number of hydrogen-bond acceptors (Lipinski definition) is 5. The van der Waals surface area contributed by atoms with E-state index in [1.807, 2.05) is 0 Å². The summed E-state index contributed by atoms with van der Waals surface area (Å²) >= 11 is 5.11. The van der Waals surface area contributed by atoms with Crippen molar-refractivity contribution in [3.63, 3.8) is 0 Å². The lowest BCUT2D eigenvalue weighted by molar-refractivity contribution is 0.0730. The van der Waals surface area contributed by atoms with Gasteiger partial charge < -0.3 is 20.5 Å². The quantitative estimate of drug-likeness (QED) is 0.499. The van der Waals surface area contributed by atoms with Gasteiger partial charge in [0.25, 0.3) is 0 Å². The highest BCUT2D eigenvalue weighted by Gasteiger charge is 2.26. The van der Waals surface area contributed by atoms with Gasteiger partial charge in [0.15, 0.2) is 5.11 Å². The summed E-state index contributed by atoms with van der Waals surface area (Å²) in [6.45, 7) is 2.28. The van der Waals surface area contributed by atoms with E-state index < -0.39 is 10.0 Å². The van der Waals surface area contributed by atoms with Crippen LogP contribution in [0.1, 0.15) is 6.42 Å². The summed E-state index contributed by atoms with van der Waals surface area (Å²) in [4.78, 5) is 0.254. The Morgan fingerprint density at radius 2 is 1.91 bits per heavy atom. The Labute approximate surface area is 141 Å². The Kier molecular flexibility index (Phi) is 6.72. The van der Waals surface area contributed by atoms with Gasteiger partial charge in [0.2, 0.25) is 10.0 Å². The zero-order valence-corrected chi connectivity index (χ0v) is 14.3. The van der Waals surface area contributed by atoms with Gasteiger partial charge in [-0.1, -0.05) is 0 Å². The lowest BCUT2D eigenvalue weighted by atomic mass is 10.3. The second kappa shape index (κ2) is 8.55. The van der Waals surface area contributed by atoms with Gasteiger partial charge in [0.1, 0.15) is 0 Å². The van der Waals surface area contributed by atoms with E-state index in [4.69, 9.17) is 22.1 Å². The van der Waals surface area contributed by atoms with E-state index in [1.165, 1.54) is 4.31 Å². The molecule has 0 atom stereocenters. The molecule has 3 N–H and O–H groups in total. The van der Waals surface area contributed by atoms with Gasteiger partial charge >= 0.3 is 0 Å². The molecule has 0 aromatic heterocycles. The maximum Gasteiger partial charge on any atom is 0.243 e. The van der Waals surface area contributed by atoms with Crippen LogP contribution in [0.4, 0.5) is 5.69 Å². The molecule has 1 heterocycles. The van der Waals surface area contributed by atoms with E-state index in [1.54, 1.807) is 24.3 Å². The summed E-state index contributed by atoms with van der Waals surface area (Å²) < 4.78 is 31.6. The summed E-state index contributed by atoms with van der Waals surface area (Å²) in [6, 6.07) is 6.47. The molecule has 0 bridgehead atoms. The predicted octanol–water partition coefficient (Wildman–Crippen LogP) is 0.376. The van der Waals surface area contributed by atoms with E-state index in [2.05, 4.69) is 10.6 Å². The Balaban J connectivity index is 1.97. The molecule has 1 fully saturated rings. The average molecular weight is 359 g/mol. The predicted molar refractivity (Wildman–Crippen MR) is 91.9 cm³/mol. The normalized spacial score (nSPS) is 16.0. The third-order valence-electron chi connectivity index (χ3n) is 3.34. The number of nitrogens with one attached hydrogen (secondary N) is 2. The number of anilines is 1. The van der Waals surface area contributed by atoms with Crippen LogP contribution in [0.2, 0.25) is 0 Å². The molecule has 1 saturated heterocycles. The van der Waals surface area contributed by atoms with Gasteiger partial charge in [-0.15, -0.1) is 0 Å². The summed E-state index contributed by atoms with van der Waals surface area (Å²) in [5.74, 6) is 0. The highest BCUT2D eigenvalue weighted by Crippen LogP contribution is 2.19. The van der Waals surface area contributed by atoms with Crippen LogP contribution in [-0.2, 0) is 14.8 Å². The van der Waals surface area contributed by atoms with Crippen molar-refractivity contribution in [1.29, 1.82) is 0 Å². The number of aliphatic hydroxyl groups excluding tert-OH is 1. The van der Waals surface area contributed by atoms with Gasteiger partial charge in [-0.2, -0.15) is 4.31 Å². The number of hydrogen-bond donors (Lipinski definition) is 3. The van der Waals surface area contributed by atoms with Crippen molar-refractivity contribution in [3.05, 3.63) is 24.3 Å². The maximum atomic E-state index is 12.5. The van der Waals surface area contributed by atoms with Crippen LogP contribution in [0.25, 0.3) is 0 Å². The molecule has 0 radical (unpaired) electrons. The summed E-state index contributed by atoms with van der Waals surface area (Å²) in [5.41, 5.74) is 0.701. The summed E-state index contributed by atoms with van der Waals surface area (Å²) in [6.07, 6.45) is 0.610. The van der Waals surface area contributed by atoms with E-state index >= 15 is 0 Å². The van der Waals surface area contributed by atoms with E-state index in [0.29, 0.717) is 50.1 Å². The minimum absolute atomic E-state index is 0.101. The molecule has 0 unspecified atom stereocenters. The minimum Gasteiger partial charge on any atom is -0.396 e. The van der Waals surface area contributed by atoms with E-state index in [9.17, 15) is 8.42 Å². The largest absolute Gasteiger partial charge is 0.396 e. The van der Waals surface area contributed by atoms with Gasteiger partial charge in [0.05, 0.1) is 18.1 Å². The van der Waals surface area contributed by atoms with Crippen LogP contribution in [0.3, 0.4) is 0 Å². The molecule has 0 spiro atoms. The minimum atomic E-state index is -3.48. The third-order valence-corrected chi connectivity index (χ3v) is 5.50. The Bertz CT molecular complexity index is 613. The lowest BCUT2D eigenvalue weighted by Gasteiger charge is -2.26. The van der Waals surface area contributed by atoms with Crippen LogP contribution in [0, 0.1) is 0 Å². The standard InChI is InChI=1S/C14H21N3O4S2/c18-9-1-6-15-14(22)16-12-2-4-13(5-3-12)23(19,20)17-7-10-21-11-8-17/h2-5,18H,1,6-11H2,(H2,15,16,22). The van der Waals surface area contributed by atoms with Gasteiger partial charge in [-0.3, -0.25) is 0 Å². The zero-order valence-electron chi connectivity index (χ0n) is 12.7. The summed E-state index contributed by atoms with van der Waals surface area (Å²) in [7, 11) is -3.48. The maximum absolute atomic E-state index is 12.5. The fourth-order valence-electron chi connectivity index (χ4n) is 2.10. The van der Waals surface area contributed by atoms with Crippen molar-refractivity contribution in [2.24, 2.45) is 0 Å². The Morgan fingerprint density at radius 3 is 2.52 bits per heavy atom. The highest BCUT2D eigenvalue weighted by molar-refractivity contribution is 7.89. The van der Waals surface area contributed by atoms with Gasteiger partial charge in [-0.25, -0.2) is 8.42 Å². The molecule has 2 rings (SSSR count). The van der Waals surface area contributed by atoms with E-state index in [-0.39, 0.29) is 11.5 Å². The number of sulfonamides is 1. The molecule has 1 aliphatic heterocycles. The molecule has 1 aromatic carbocycles. The highest BCUT2D eigenvalue weighted by atomic mass is 32.2. The first kappa shape index (κ1) is 18.1. The fraction of sp³-hybridized carbons (Fsp3) is 0.500. The van der Waals surface area contributed by atoms with Crippen molar-refractivity contribution < 1.29 is 18.3 Å². The van der Waals surface area contributed by atoms with Crippen LogP contribution in [-0.4, -0.2) is 62.4 Å². The Hall–Kier alpha value is -1.26. The van der Waals surface area contributed by atoms with Gasteiger partial charge in [0, 0.05) is 31.9 Å². The molecule has 7 nitrogen and oxygen atoms in total. The monoisotopic (exact) mass is 359 g/mol. The molecular formula is C14H21N3O4S2. The van der Waals surface area contributed by atoms with Crippen molar-refractivity contribution in [3.8, 4) is 0 Å². The first-order chi connectivity index (χ1) is 11.0. The van der Waals surface area contributed by atoms with Crippen molar-refractivity contribution in [2.75, 3.05) is 44.8 Å². The number of benzene rings is 1.